The molecule has 0 aliphatic heterocycles. The summed E-state index contributed by atoms with van der Waals surface area (Å²) in [5, 5.41) is 7.52. The number of nitrogens with zero attached hydrogens (tertiary/aromatic N) is 2. The Morgan fingerprint density at radius 3 is 2.46 bits per heavy atom. The minimum Gasteiger partial charge on any atom is -0.325 e. The summed E-state index contributed by atoms with van der Waals surface area (Å²) < 4.78 is 2.75. The van der Waals surface area contributed by atoms with Crippen molar-refractivity contribution in [3.05, 3.63) is 76.0 Å². The molecule has 3 rings (SSSR count). The Bertz CT molecular complexity index is 872. The van der Waals surface area contributed by atoms with Crippen molar-refractivity contribution in [1.82, 2.24) is 9.78 Å². The summed E-state index contributed by atoms with van der Waals surface area (Å²) in [4.78, 5) is 12.4. The molecule has 0 saturated heterocycles. The van der Waals surface area contributed by atoms with Gasteiger partial charge >= 0.3 is 0 Å². The number of rotatable bonds is 4. The monoisotopic (exact) mass is 383 g/mol. The van der Waals surface area contributed by atoms with Crippen molar-refractivity contribution in [2.45, 2.75) is 20.3 Å². The van der Waals surface area contributed by atoms with Crippen molar-refractivity contribution in [3.63, 3.8) is 0 Å². The van der Waals surface area contributed by atoms with Crippen LogP contribution >= 0.6 is 15.9 Å². The molecule has 0 saturated carbocycles. The van der Waals surface area contributed by atoms with Gasteiger partial charge in [0, 0.05) is 15.7 Å². The molecule has 3 aromatic rings. The van der Waals surface area contributed by atoms with Gasteiger partial charge in [-0.1, -0.05) is 30.3 Å². The molecule has 122 valence electrons. The second-order valence-electron chi connectivity index (χ2n) is 5.60. The van der Waals surface area contributed by atoms with Crippen LogP contribution in [0.4, 0.5) is 5.69 Å². The van der Waals surface area contributed by atoms with E-state index in [2.05, 4.69) is 26.3 Å². The van der Waals surface area contributed by atoms with Crippen LogP contribution in [0.5, 0.6) is 0 Å². The van der Waals surface area contributed by atoms with Gasteiger partial charge in [0.25, 0.3) is 0 Å². The van der Waals surface area contributed by atoms with Gasteiger partial charge < -0.3 is 5.32 Å². The summed E-state index contributed by atoms with van der Waals surface area (Å²) in [7, 11) is 0. The standard InChI is InChI=1S/C19H18BrN3O/c1-13-16(12-19(24)21-18-11-7-6-10-17(18)20)14(2)23(22-13)15-8-4-3-5-9-15/h3-11H,12H2,1-2H3,(H,21,24). The molecule has 4 nitrogen and oxygen atoms in total. The molecule has 1 heterocycles. The summed E-state index contributed by atoms with van der Waals surface area (Å²) in [6, 6.07) is 17.5. The van der Waals surface area contributed by atoms with Gasteiger partial charge in [0.15, 0.2) is 0 Å². The Hall–Kier alpha value is -2.40. The topological polar surface area (TPSA) is 46.9 Å². The maximum absolute atomic E-state index is 12.4. The zero-order valence-corrected chi connectivity index (χ0v) is 15.2. The number of carbonyl (C=O) groups is 1. The molecule has 0 fully saturated rings. The highest BCUT2D eigenvalue weighted by molar-refractivity contribution is 9.10. The van der Waals surface area contributed by atoms with Gasteiger partial charge in [-0.25, -0.2) is 4.68 Å². The van der Waals surface area contributed by atoms with Crippen LogP contribution in [0, 0.1) is 13.8 Å². The average molecular weight is 384 g/mol. The number of halogens is 1. The molecule has 0 spiro atoms. The van der Waals surface area contributed by atoms with Gasteiger partial charge in [0.2, 0.25) is 5.91 Å². The van der Waals surface area contributed by atoms with Crippen LogP contribution in [0.1, 0.15) is 17.0 Å². The summed E-state index contributed by atoms with van der Waals surface area (Å²) >= 11 is 3.44. The van der Waals surface area contributed by atoms with Crippen molar-refractivity contribution >= 4 is 27.5 Å². The van der Waals surface area contributed by atoms with E-state index in [1.54, 1.807) is 0 Å². The molecular formula is C19H18BrN3O. The van der Waals surface area contributed by atoms with E-state index in [4.69, 9.17) is 0 Å². The van der Waals surface area contributed by atoms with Gasteiger partial charge in [-0.3, -0.25) is 4.79 Å². The smallest absolute Gasteiger partial charge is 0.228 e. The van der Waals surface area contributed by atoms with Gasteiger partial charge in [-0.2, -0.15) is 5.10 Å². The van der Waals surface area contributed by atoms with Crippen molar-refractivity contribution in [3.8, 4) is 5.69 Å². The number of hydrogen-bond acceptors (Lipinski definition) is 2. The van der Waals surface area contributed by atoms with Crippen molar-refractivity contribution in [2.24, 2.45) is 0 Å². The molecule has 1 N–H and O–H groups in total. The lowest BCUT2D eigenvalue weighted by atomic mass is 10.1. The third kappa shape index (κ3) is 3.41. The first-order valence-electron chi connectivity index (χ1n) is 7.71. The molecule has 0 unspecified atom stereocenters. The quantitative estimate of drug-likeness (QED) is 0.723. The number of hydrogen-bond donors (Lipinski definition) is 1. The van der Waals surface area contributed by atoms with E-state index in [-0.39, 0.29) is 5.91 Å². The van der Waals surface area contributed by atoms with Crippen molar-refractivity contribution in [1.29, 1.82) is 0 Å². The van der Waals surface area contributed by atoms with Gasteiger partial charge in [0.05, 0.1) is 23.5 Å². The normalized spacial score (nSPS) is 10.6. The number of amides is 1. The summed E-state index contributed by atoms with van der Waals surface area (Å²) in [5.41, 5.74) is 4.59. The maximum atomic E-state index is 12.4. The largest absolute Gasteiger partial charge is 0.325 e. The molecule has 0 radical (unpaired) electrons. The Morgan fingerprint density at radius 1 is 1.08 bits per heavy atom. The maximum Gasteiger partial charge on any atom is 0.228 e. The number of benzene rings is 2. The highest BCUT2D eigenvalue weighted by atomic mass is 79.9. The van der Waals surface area contributed by atoms with Crippen molar-refractivity contribution < 1.29 is 4.79 Å². The molecule has 1 aromatic heterocycles. The lowest BCUT2D eigenvalue weighted by Gasteiger charge is -2.08. The van der Waals surface area contributed by atoms with Crippen LogP contribution in [-0.2, 0) is 11.2 Å². The Kier molecular flexibility index (Phi) is 4.81. The zero-order valence-electron chi connectivity index (χ0n) is 13.6. The number of aromatic nitrogens is 2. The van der Waals surface area contributed by atoms with E-state index in [0.29, 0.717) is 6.42 Å². The average Bonchev–Trinajstić information content (AvgIpc) is 2.86. The lowest BCUT2D eigenvalue weighted by molar-refractivity contribution is -0.115. The minimum absolute atomic E-state index is 0.0549. The fraction of sp³-hybridized carbons (Fsp3) is 0.158. The molecule has 0 aliphatic rings. The Labute approximate surface area is 149 Å². The number of anilines is 1. The number of aryl methyl sites for hydroxylation is 1. The van der Waals surface area contributed by atoms with Crippen LogP contribution in [0.15, 0.2) is 59.1 Å². The molecule has 2 aromatic carbocycles. The minimum atomic E-state index is -0.0549. The molecule has 24 heavy (non-hydrogen) atoms. The Morgan fingerprint density at radius 2 is 1.75 bits per heavy atom. The zero-order chi connectivity index (χ0) is 17.1. The summed E-state index contributed by atoms with van der Waals surface area (Å²) in [6.07, 6.45) is 0.297. The molecule has 0 atom stereocenters. The predicted octanol–water partition coefficient (Wildman–Crippen LogP) is 4.43. The number of carbonyl (C=O) groups excluding carboxylic acids is 1. The van der Waals surface area contributed by atoms with E-state index in [9.17, 15) is 4.79 Å². The van der Waals surface area contributed by atoms with Gasteiger partial charge in [0.1, 0.15) is 0 Å². The number of nitrogens with one attached hydrogen (secondary N) is 1. The predicted molar refractivity (Wildman–Crippen MR) is 99.5 cm³/mol. The van der Waals surface area contributed by atoms with Crippen molar-refractivity contribution in [2.75, 3.05) is 5.32 Å². The van der Waals surface area contributed by atoms with Crippen LogP contribution in [0.25, 0.3) is 5.69 Å². The Balaban J connectivity index is 1.82. The van der Waals surface area contributed by atoms with Crippen LogP contribution in [0.3, 0.4) is 0 Å². The first-order chi connectivity index (χ1) is 11.6. The van der Waals surface area contributed by atoms with E-state index >= 15 is 0 Å². The molecule has 5 heteroatoms. The summed E-state index contributed by atoms with van der Waals surface area (Å²) in [6.45, 7) is 3.93. The first-order valence-corrected chi connectivity index (χ1v) is 8.50. The van der Waals surface area contributed by atoms with E-state index in [0.717, 1.165) is 32.8 Å². The molecule has 0 aliphatic carbocycles. The van der Waals surface area contributed by atoms with E-state index < -0.39 is 0 Å². The van der Waals surface area contributed by atoms with Crippen LogP contribution in [0.2, 0.25) is 0 Å². The number of para-hydroxylation sites is 2. The third-order valence-corrected chi connectivity index (χ3v) is 4.62. The third-order valence-electron chi connectivity index (χ3n) is 3.93. The van der Waals surface area contributed by atoms with Crippen LogP contribution < -0.4 is 5.32 Å². The van der Waals surface area contributed by atoms with E-state index in [1.807, 2.05) is 73.1 Å². The second kappa shape index (κ2) is 7.01. The molecule has 1 amide bonds. The molecule has 0 bridgehead atoms. The fourth-order valence-electron chi connectivity index (χ4n) is 2.67. The first kappa shape index (κ1) is 16.5. The highest BCUT2D eigenvalue weighted by Crippen LogP contribution is 2.22. The summed E-state index contributed by atoms with van der Waals surface area (Å²) in [5.74, 6) is -0.0549. The SMILES string of the molecule is Cc1nn(-c2ccccc2)c(C)c1CC(=O)Nc1ccccc1Br. The van der Waals surface area contributed by atoms with E-state index in [1.165, 1.54) is 0 Å². The van der Waals surface area contributed by atoms with Gasteiger partial charge in [-0.15, -0.1) is 0 Å². The van der Waals surface area contributed by atoms with Crippen LogP contribution in [-0.4, -0.2) is 15.7 Å². The fourth-order valence-corrected chi connectivity index (χ4v) is 3.05. The lowest BCUT2D eigenvalue weighted by Crippen LogP contribution is -2.15. The second-order valence-corrected chi connectivity index (χ2v) is 6.46. The highest BCUT2D eigenvalue weighted by Gasteiger charge is 2.16. The molecular weight excluding hydrogens is 366 g/mol. The van der Waals surface area contributed by atoms with Gasteiger partial charge in [-0.05, 0) is 54.0 Å².